The summed E-state index contributed by atoms with van der Waals surface area (Å²) in [5.74, 6) is -3.18. The van der Waals surface area contributed by atoms with Crippen LogP contribution >= 0.6 is 0 Å². The second kappa shape index (κ2) is 8.27. The minimum atomic E-state index is -2.15. The number of carbonyl (C=O) groups is 2. The van der Waals surface area contributed by atoms with Crippen LogP contribution in [0.15, 0.2) is 23.3 Å². The third-order valence-corrected chi connectivity index (χ3v) is 4.12. The quantitative estimate of drug-likeness (QED) is 0.278. The SMILES string of the molecule is O=C([O-])C1=C[C@@H](OB(O)O[C@@H]2C=C(C(=O)[O-])C[C@@H](O)[C@@H]2O)[C@@H](O)[C@H](O)C1. The van der Waals surface area contributed by atoms with Crippen LogP contribution in [0.3, 0.4) is 0 Å². The number of hydrogen-bond acceptors (Lipinski definition) is 11. The maximum Gasteiger partial charge on any atom is 0.637 e. The van der Waals surface area contributed by atoms with Crippen LogP contribution in [0.5, 0.6) is 0 Å². The molecule has 0 radical (unpaired) electrons. The van der Waals surface area contributed by atoms with Gasteiger partial charge in [0.05, 0.1) is 36.4 Å². The summed E-state index contributed by atoms with van der Waals surface area (Å²) in [6.07, 6.45) is -8.00. The van der Waals surface area contributed by atoms with Crippen LogP contribution < -0.4 is 10.2 Å². The number of rotatable bonds is 6. The van der Waals surface area contributed by atoms with Crippen LogP contribution in [0.25, 0.3) is 0 Å². The van der Waals surface area contributed by atoms with Crippen molar-refractivity contribution in [3.05, 3.63) is 23.3 Å². The number of hydrogen-bond donors (Lipinski definition) is 5. The molecule has 2 rings (SSSR count). The third kappa shape index (κ3) is 4.68. The normalized spacial score (nSPS) is 34.7. The van der Waals surface area contributed by atoms with Crippen molar-refractivity contribution in [1.82, 2.24) is 0 Å². The Labute approximate surface area is 147 Å². The van der Waals surface area contributed by atoms with E-state index in [1.54, 1.807) is 0 Å². The highest BCUT2D eigenvalue weighted by Gasteiger charge is 2.38. The van der Waals surface area contributed by atoms with Crippen LogP contribution in [0.1, 0.15) is 12.8 Å². The van der Waals surface area contributed by atoms with Crippen LogP contribution in [0.2, 0.25) is 0 Å². The number of aliphatic carboxylic acids is 2. The molecule has 0 spiro atoms. The molecule has 0 aromatic rings. The number of aliphatic hydroxyl groups is 4. The van der Waals surface area contributed by atoms with Gasteiger partial charge in [-0.2, -0.15) is 0 Å². The first kappa shape index (κ1) is 20.5. The molecule has 144 valence electrons. The lowest BCUT2D eigenvalue weighted by Gasteiger charge is -2.34. The summed E-state index contributed by atoms with van der Waals surface area (Å²) in [4.78, 5) is 21.8. The summed E-state index contributed by atoms with van der Waals surface area (Å²) < 4.78 is 9.81. The lowest BCUT2D eigenvalue weighted by Crippen LogP contribution is -2.49. The second-order valence-corrected chi connectivity index (χ2v) is 5.99. The molecular weight excluding hydrogens is 355 g/mol. The van der Waals surface area contributed by atoms with Gasteiger partial charge in [-0.1, -0.05) is 0 Å². The van der Waals surface area contributed by atoms with Crippen molar-refractivity contribution in [3.63, 3.8) is 0 Å². The zero-order valence-electron chi connectivity index (χ0n) is 13.3. The zero-order chi connectivity index (χ0) is 19.6. The smallest absolute Gasteiger partial charge is 0.545 e. The van der Waals surface area contributed by atoms with Gasteiger partial charge >= 0.3 is 7.32 Å². The largest absolute Gasteiger partial charge is 0.637 e. The van der Waals surface area contributed by atoms with Crippen molar-refractivity contribution in [3.8, 4) is 0 Å². The average molecular weight is 372 g/mol. The van der Waals surface area contributed by atoms with Crippen molar-refractivity contribution in [2.75, 3.05) is 0 Å². The maximum atomic E-state index is 10.9. The molecule has 0 fully saturated rings. The number of carboxylic acids is 2. The number of carboxylic acid groups (broad SMARTS) is 2. The lowest BCUT2D eigenvalue weighted by atomic mass is 9.90. The molecule has 0 saturated heterocycles. The highest BCUT2D eigenvalue weighted by atomic mass is 16.7. The molecule has 0 saturated carbocycles. The van der Waals surface area contributed by atoms with E-state index in [0.29, 0.717) is 0 Å². The fourth-order valence-corrected chi connectivity index (χ4v) is 2.70. The number of aliphatic hydroxyl groups excluding tert-OH is 4. The van der Waals surface area contributed by atoms with E-state index >= 15 is 0 Å². The molecule has 0 bridgehead atoms. The predicted octanol–water partition coefficient (Wildman–Crippen LogP) is -5.66. The standard InChI is InChI=1S/C14H19BO11/c16-7-1-5(13(20)21)3-9(11(7)18)25-15(24)26-10-4-6(14(22)23)2-8(17)12(10)19/h3-4,7-12,16-19,24H,1-2H2,(H,20,21)(H,22,23)/p-2/t7-,8-,9-,10-,11+,12+/m1/s1. The average Bonchev–Trinajstić information content (AvgIpc) is 2.55. The second-order valence-electron chi connectivity index (χ2n) is 5.99. The summed E-state index contributed by atoms with van der Waals surface area (Å²) in [6.45, 7) is 0. The third-order valence-electron chi connectivity index (χ3n) is 4.12. The van der Waals surface area contributed by atoms with Crippen molar-refractivity contribution in [2.24, 2.45) is 0 Å². The zero-order valence-corrected chi connectivity index (χ0v) is 13.3. The van der Waals surface area contributed by atoms with E-state index in [-0.39, 0.29) is 24.0 Å². The predicted molar refractivity (Wildman–Crippen MR) is 77.2 cm³/mol. The fourth-order valence-electron chi connectivity index (χ4n) is 2.70. The van der Waals surface area contributed by atoms with Gasteiger partial charge in [0.1, 0.15) is 12.2 Å². The molecule has 0 unspecified atom stereocenters. The van der Waals surface area contributed by atoms with Crippen molar-refractivity contribution >= 4 is 19.3 Å². The van der Waals surface area contributed by atoms with Crippen molar-refractivity contribution in [1.29, 1.82) is 0 Å². The van der Waals surface area contributed by atoms with Crippen molar-refractivity contribution < 1.29 is 54.6 Å². The van der Waals surface area contributed by atoms with Gasteiger partial charge in [-0.15, -0.1) is 0 Å². The highest BCUT2D eigenvalue weighted by molar-refractivity contribution is 6.34. The maximum absolute atomic E-state index is 10.9. The summed E-state index contributed by atoms with van der Waals surface area (Å²) in [7, 11) is -2.15. The molecule has 0 aromatic carbocycles. The van der Waals surface area contributed by atoms with Crippen LogP contribution in [-0.4, -0.2) is 81.3 Å². The topological polar surface area (TPSA) is 200 Å². The van der Waals surface area contributed by atoms with Gasteiger partial charge in [-0.25, -0.2) is 0 Å². The van der Waals surface area contributed by atoms with Gasteiger partial charge in [0.25, 0.3) is 0 Å². The van der Waals surface area contributed by atoms with Gasteiger partial charge in [-0.05, 0) is 23.3 Å². The molecule has 6 atom stereocenters. The summed E-state index contributed by atoms with van der Waals surface area (Å²) >= 11 is 0. The Hall–Kier alpha value is -1.80. The van der Waals surface area contributed by atoms with E-state index in [1.165, 1.54) is 0 Å². The Morgan fingerprint density at radius 1 is 0.885 bits per heavy atom. The first-order chi connectivity index (χ1) is 12.1. The van der Waals surface area contributed by atoms with E-state index in [2.05, 4.69) is 0 Å². The van der Waals surface area contributed by atoms with E-state index in [0.717, 1.165) is 12.2 Å². The summed E-state index contributed by atoms with van der Waals surface area (Å²) in [5.41, 5.74) is -0.709. The molecule has 5 N–H and O–H groups in total. The Bertz CT molecular complexity index is 566. The van der Waals surface area contributed by atoms with Gasteiger partial charge < -0.3 is 54.6 Å². The Kier molecular flexibility index (Phi) is 6.52. The molecule has 0 amide bonds. The van der Waals surface area contributed by atoms with E-state index in [9.17, 15) is 45.3 Å². The molecule has 12 heteroatoms. The van der Waals surface area contributed by atoms with Crippen LogP contribution in [0, 0.1) is 0 Å². The molecular formula is C14H17BO11-2. The van der Waals surface area contributed by atoms with Crippen molar-refractivity contribution in [2.45, 2.75) is 49.5 Å². The Morgan fingerprint density at radius 2 is 1.23 bits per heavy atom. The molecule has 2 aliphatic rings. The van der Waals surface area contributed by atoms with Gasteiger partial charge in [0, 0.05) is 12.8 Å². The first-order valence-corrected chi connectivity index (χ1v) is 7.65. The molecule has 0 aromatic heterocycles. The minimum absolute atomic E-state index is 0.354. The summed E-state index contributed by atoms with van der Waals surface area (Å²) in [6, 6.07) is 0. The first-order valence-electron chi connectivity index (χ1n) is 7.65. The number of carbonyl (C=O) groups excluding carboxylic acids is 2. The van der Waals surface area contributed by atoms with Gasteiger partial charge in [0.15, 0.2) is 0 Å². The Balaban J connectivity index is 2.08. The molecule has 26 heavy (non-hydrogen) atoms. The van der Waals surface area contributed by atoms with Crippen LogP contribution in [0.4, 0.5) is 0 Å². The molecule has 2 aliphatic carbocycles. The minimum Gasteiger partial charge on any atom is -0.545 e. The highest BCUT2D eigenvalue weighted by Crippen LogP contribution is 2.24. The van der Waals surface area contributed by atoms with Gasteiger partial charge in [-0.3, -0.25) is 0 Å². The van der Waals surface area contributed by atoms with E-state index in [1.807, 2.05) is 0 Å². The molecule has 0 heterocycles. The fraction of sp³-hybridized carbons (Fsp3) is 0.571. The van der Waals surface area contributed by atoms with E-state index in [4.69, 9.17) is 9.31 Å². The monoisotopic (exact) mass is 372 g/mol. The summed E-state index contributed by atoms with van der Waals surface area (Å²) in [5, 5.41) is 70.5. The van der Waals surface area contributed by atoms with Crippen LogP contribution in [-0.2, 0) is 18.9 Å². The lowest BCUT2D eigenvalue weighted by molar-refractivity contribution is -0.301. The molecule has 11 nitrogen and oxygen atoms in total. The van der Waals surface area contributed by atoms with E-state index < -0.39 is 55.9 Å². The van der Waals surface area contributed by atoms with Gasteiger partial charge in [0.2, 0.25) is 0 Å². The Morgan fingerprint density at radius 3 is 1.54 bits per heavy atom. The molecule has 0 aliphatic heterocycles.